The molecule has 2 N–H and O–H groups in total. The van der Waals surface area contributed by atoms with Crippen molar-refractivity contribution in [3.63, 3.8) is 0 Å². The van der Waals surface area contributed by atoms with Crippen molar-refractivity contribution >= 4 is 27.5 Å². The lowest BCUT2D eigenvalue weighted by molar-refractivity contribution is 0.562. The summed E-state index contributed by atoms with van der Waals surface area (Å²) in [7, 11) is -3.39. The van der Waals surface area contributed by atoms with Crippen LogP contribution in [0.3, 0.4) is 0 Å². The fraction of sp³-hybridized carbons (Fsp3) is 0.538. The van der Waals surface area contributed by atoms with Gasteiger partial charge in [-0.3, -0.25) is 0 Å². The van der Waals surface area contributed by atoms with Crippen LogP contribution in [-0.4, -0.2) is 33.5 Å². The first-order valence-electron chi connectivity index (χ1n) is 6.32. The zero-order valence-corrected chi connectivity index (χ0v) is 13.3. The molecule has 0 fully saturated rings. The van der Waals surface area contributed by atoms with Gasteiger partial charge in [0.25, 0.3) is 0 Å². The Hall–Kier alpha value is -0.720. The van der Waals surface area contributed by atoms with Gasteiger partial charge in [-0.1, -0.05) is 6.92 Å². The summed E-state index contributed by atoms with van der Waals surface area (Å²) in [6, 6.07) is 6.81. The van der Waals surface area contributed by atoms with Crippen LogP contribution in [0.5, 0.6) is 0 Å². The Bertz CT molecular complexity index is 472. The van der Waals surface area contributed by atoms with E-state index in [0.717, 1.165) is 18.0 Å². The molecule has 4 nitrogen and oxygen atoms in total. The molecule has 0 aliphatic rings. The average Bonchev–Trinajstić information content (AvgIpc) is 2.38. The van der Waals surface area contributed by atoms with Crippen molar-refractivity contribution in [3.05, 3.63) is 24.3 Å². The average molecular weight is 302 g/mol. The van der Waals surface area contributed by atoms with E-state index in [1.165, 1.54) is 0 Å². The van der Waals surface area contributed by atoms with Crippen LogP contribution in [-0.2, 0) is 10.0 Å². The second-order valence-corrected chi connectivity index (χ2v) is 7.14. The molecule has 0 aliphatic carbocycles. The van der Waals surface area contributed by atoms with Gasteiger partial charge in [-0.05, 0) is 49.1 Å². The molecule has 0 radical (unpaired) electrons. The Morgan fingerprint density at radius 2 is 1.89 bits per heavy atom. The van der Waals surface area contributed by atoms with Gasteiger partial charge in [0, 0.05) is 18.8 Å². The summed E-state index contributed by atoms with van der Waals surface area (Å²) < 4.78 is 26.8. The minimum atomic E-state index is -3.39. The summed E-state index contributed by atoms with van der Waals surface area (Å²) in [6.07, 6.45) is 2.02. The SMILES string of the molecule is CCNc1ccc(S(=O)(=O)NCC(C)CSC)cc1. The van der Waals surface area contributed by atoms with Gasteiger partial charge in [-0.25, -0.2) is 13.1 Å². The van der Waals surface area contributed by atoms with E-state index in [1.807, 2.05) is 20.1 Å². The summed E-state index contributed by atoms with van der Waals surface area (Å²) in [4.78, 5) is 0.311. The normalized spacial score (nSPS) is 13.2. The number of rotatable bonds is 8. The number of thioether (sulfide) groups is 1. The van der Waals surface area contributed by atoms with E-state index in [9.17, 15) is 8.42 Å². The molecule has 0 saturated carbocycles. The first kappa shape index (κ1) is 16.3. The molecule has 0 spiro atoms. The fourth-order valence-electron chi connectivity index (χ4n) is 1.63. The zero-order chi connectivity index (χ0) is 14.3. The van der Waals surface area contributed by atoms with Crippen molar-refractivity contribution in [1.82, 2.24) is 4.72 Å². The quantitative estimate of drug-likeness (QED) is 0.774. The molecule has 0 saturated heterocycles. The van der Waals surface area contributed by atoms with E-state index in [2.05, 4.69) is 10.0 Å². The predicted molar refractivity (Wildman–Crippen MR) is 83.3 cm³/mol. The highest BCUT2D eigenvalue weighted by atomic mass is 32.2. The summed E-state index contributed by atoms with van der Waals surface area (Å²) in [6.45, 7) is 5.32. The van der Waals surface area contributed by atoms with E-state index in [0.29, 0.717) is 17.4 Å². The number of hydrogen-bond donors (Lipinski definition) is 2. The van der Waals surface area contributed by atoms with Crippen LogP contribution in [0.2, 0.25) is 0 Å². The number of hydrogen-bond acceptors (Lipinski definition) is 4. The molecule has 1 aromatic carbocycles. The van der Waals surface area contributed by atoms with Gasteiger partial charge in [0.15, 0.2) is 0 Å². The van der Waals surface area contributed by atoms with Crippen LogP contribution in [0.25, 0.3) is 0 Å². The highest BCUT2D eigenvalue weighted by Gasteiger charge is 2.14. The van der Waals surface area contributed by atoms with E-state index in [1.54, 1.807) is 36.0 Å². The maximum atomic E-state index is 12.1. The van der Waals surface area contributed by atoms with E-state index in [-0.39, 0.29) is 0 Å². The van der Waals surface area contributed by atoms with Crippen molar-refractivity contribution in [3.8, 4) is 0 Å². The zero-order valence-electron chi connectivity index (χ0n) is 11.6. The highest BCUT2D eigenvalue weighted by Crippen LogP contribution is 2.14. The van der Waals surface area contributed by atoms with E-state index >= 15 is 0 Å². The van der Waals surface area contributed by atoms with E-state index < -0.39 is 10.0 Å². The van der Waals surface area contributed by atoms with Crippen LogP contribution in [0.4, 0.5) is 5.69 Å². The third-order valence-corrected chi connectivity index (χ3v) is 4.96. The molecule has 19 heavy (non-hydrogen) atoms. The van der Waals surface area contributed by atoms with Crippen molar-refractivity contribution in [2.75, 3.05) is 30.4 Å². The Kier molecular flexibility index (Phi) is 6.68. The van der Waals surface area contributed by atoms with Crippen LogP contribution in [0.15, 0.2) is 29.2 Å². The molecule has 1 unspecified atom stereocenters. The topological polar surface area (TPSA) is 58.2 Å². The molecule has 0 heterocycles. The predicted octanol–water partition coefficient (Wildman–Crippen LogP) is 2.40. The summed E-state index contributed by atoms with van der Waals surface area (Å²) in [5.74, 6) is 1.27. The van der Waals surface area contributed by atoms with Crippen LogP contribution in [0, 0.1) is 5.92 Å². The molecule has 0 aromatic heterocycles. The maximum Gasteiger partial charge on any atom is 0.240 e. The maximum absolute atomic E-state index is 12.1. The lowest BCUT2D eigenvalue weighted by Crippen LogP contribution is -2.29. The molecular formula is C13H22N2O2S2. The van der Waals surface area contributed by atoms with Gasteiger partial charge >= 0.3 is 0 Å². The van der Waals surface area contributed by atoms with Crippen molar-refractivity contribution in [1.29, 1.82) is 0 Å². The monoisotopic (exact) mass is 302 g/mol. The number of benzene rings is 1. The van der Waals surface area contributed by atoms with Crippen LogP contribution >= 0.6 is 11.8 Å². The molecule has 0 aliphatic heterocycles. The van der Waals surface area contributed by atoms with Gasteiger partial charge < -0.3 is 5.32 Å². The minimum absolute atomic E-state index is 0.311. The number of anilines is 1. The van der Waals surface area contributed by atoms with Crippen molar-refractivity contribution < 1.29 is 8.42 Å². The Morgan fingerprint density at radius 1 is 1.26 bits per heavy atom. The largest absolute Gasteiger partial charge is 0.385 e. The number of sulfonamides is 1. The molecule has 108 valence electrons. The second-order valence-electron chi connectivity index (χ2n) is 4.47. The summed E-state index contributed by atoms with van der Waals surface area (Å²) in [5, 5.41) is 3.14. The Balaban J connectivity index is 2.66. The third-order valence-electron chi connectivity index (χ3n) is 2.62. The second kappa shape index (κ2) is 7.77. The Morgan fingerprint density at radius 3 is 2.42 bits per heavy atom. The molecule has 6 heteroatoms. The minimum Gasteiger partial charge on any atom is -0.385 e. The summed E-state index contributed by atoms with van der Waals surface area (Å²) in [5.41, 5.74) is 0.928. The van der Waals surface area contributed by atoms with Gasteiger partial charge in [-0.2, -0.15) is 11.8 Å². The number of nitrogens with one attached hydrogen (secondary N) is 2. The lowest BCUT2D eigenvalue weighted by atomic mass is 10.2. The fourth-order valence-corrected chi connectivity index (χ4v) is 3.49. The van der Waals surface area contributed by atoms with Gasteiger partial charge in [0.1, 0.15) is 0 Å². The molecular weight excluding hydrogens is 280 g/mol. The van der Waals surface area contributed by atoms with Gasteiger partial charge in [-0.15, -0.1) is 0 Å². The molecule has 0 bridgehead atoms. The van der Waals surface area contributed by atoms with Crippen molar-refractivity contribution in [2.45, 2.75) is 18.7 Å². The molecule has 1 rings (SSSR count). The molecule has 1 atom stereocenters. The summed E-state index contributed by atoms with van der Waals surface area (Å²) >= 11 is 1.72. The van der Waals surface area contributed by atoms with E-state index in [4.69, 9.17) is 0 Å². The van der Waals surface area contributed by atoms with Crippen molar-refractivity contribution in [2.24, 2.45) is 5.92 Å². The van der Waals surface area contributed by atoms with Crippen LogP contribution in [0.1, 0.15) is 13.8 Å². The Labute approximate surface area is 120 Å². The third kappa shape index (κ3) is 5.42. The molecule has 1 aromatic rings. The highest BCUT2D eigenvalue weighted by molar-refractivity contribution is 7.98. The first-order valence-corrected chi connectivity index (χ1v) is 9.19. The first-order chi connectivity index (χ1) is 8.99. The van der Waals surface area contributed by atoms with Gasteiger partial charge in [0.05, 0.1) is 4.90 Å². The standard InChI is InChI=1S/C13H22N2O2S2/c1-4-14-12-5-7-13(8-6-12)19(16,17)15-9-11(2)10-18-3/h5-8,11,14-15H,4,9-10H2,1-3H3. The smallest absolute Gasteiger partial charge is 0.240 e. The van der Waals surface area contributed by atoms with Crippen LogP contribution < -0.4 is 10.0 Å². The van der Waals surface area contributed by atoms with Gasteiger partial charge in [0.2, 0.25) is 10.0 Å². The molecule has 0 amide bonds. The lowest BCUT2D eigenvalue weighted by Gasteiger charge is -2.12.